The molecule has 1 aliphatic heterocycles. The first-order valence-electron chi connectivity index (χ1n) is 7.62. The molecule has 3 fully saturated rings. The molecule has 0 aromatic heterocycles. The average molecular weight is 286 g/mol. The minimum absolute atomic E-state index is 0.134. The molecule has 1 heterocycles. The van der Waals surface area contributed by atoms with Crippen LogP contribution < -0.4 is 0 Å². The molecule has 0 radical (unpaired) electrons. The number of ketones is 1. The van der Waals surface area contributed by atoms with Gasteiger partial charge in [-0.05, 0) is 31.1 Å². The van der Waals surface area contributed by atoms with Crippen LogP contribution in [0.1, 0.15) is 35.2 Å². The molecule has 3 aliphatic carbocycles. The third-order valence-corrected chi connectivity index (χ3v) is 6.34. The van der Waals surface area contributed by atoms with Gasteiger partial charge in [0.2, 0.25) is 5.79 Å². The van der Waals surface area contributed by atoms with Crippen molar-refractivity contribution in [2.75, 3.05) is 14.2 Å². The summed E-state index contributed by atoms with van der Waals surface area (Å²) in [7, 11) is 3.31. The van der Waals surface area contributed by atoms with E-state index in [1.807, 2.05) is 24.3 Å². The summed E-state index contributed by atoms with van der Waals surface area (Å²) in [5.41, 5.74) is 0.205. The molecule has 4 nitrogen and oxygen atoms in total. The molecule has 2 bridgehead atoms. The Labute approximate surface area is 123 Å². The van der Waals surface area contributed by atoms with Crippen LogP contribution in [0.3, 0.4) is 0 Å². The van der Waals surface area contributed by atoms with E-state index in [0.717, 1.165) is 24.8 Å². The topological polar surface area (TPSA) is 48.1 Å². The maximum atomic E-state index is 13.1. The van der Waals surface area contributed by atoms with Gasteiger partial charge in [0.25, 0.3) is 0 Å². The Bertz CT molecular complexity index is 665. The number of carbonyl (C=O) groups is 1. The number of carbonyl (C=O) groups excluding carboxylic acids is 1. The third-order valence-electron chi connectivity index (χ3n) is 6.34. The van der Waals surface area contributed by atoms with Crippen molar-refractivity contribution in [1.82, 2.24) is 0 Å². The van der Waals surface area contributed by atoms with Gasteiger partial charge in [0.1, 0.15) is 0 Å². The van der Waals surface area contributed by atoms with Crippen molar-refractivity contribution in [3.8, 4) is 0 Å². The Morgan fingerprint density at radius 2 is 1.86 bits per heavy atom. The van der Waals surface area contributed by atoms with Crippen LogP contribution in [0, 0.1) is 11.8 Å². The molecular weight excluding hydrogens is 268 g/mol. The van der Waals surface area contributed by atoms with Crippen LogP contribution >= 0.6 is 0 Å². The Hall–Kier alpha value is -1.23. The predicted octanol–water partition coefficient (Wildman–Crippen LogP) is 2.27. The van der Waals surface area contributed by atoms with Crippen LogP contribution in [0.2, 0.25) is 0 Å². The van der Waals surface area contributed by atoms with Crippen molar-refractivity contribution >= 4 is 5.78 Å². The van der Waals surface area contributed by atoms with E-state index < -0.39 is 17.0 Å². The number of methoxy groups -OCH3 is 2. The van der Waals surface area contributed by atoms with E-state index in [4.69, 9.17) is 14.2 Å². The van der Waals surface area contributed by atoms with Crippen LogP contribution in [-0.4, -0.2) is 31.2 Å². The van der Waals surface area contributed by atoms with Crippen molar-refractivity contribution in [3.05, 3.63) is 35.4 Å². The Kier molecular flexibility index (Phi) is 1.99. The van der Waals surface area contributed by atoms with Crippen LogP contribution in [0.5, 0.6) is 0 Å². The second-order valence-electron chi connectivity index (χ2n) is 6.68. The number of hydrogen-bond acceptors (Lipinski definition) is 4. The summed E-state index contributed by atoms with van der Waals surface area (Å²) in [5.74, 6) is -0.167. The van der Waals surface area contributed by atoms with Gasteiger partial charge in [-0.2, -0.15) is 0 Å². The molecule has 4 atom stereocenters. The first-order valence-corrected chi connectivity index (χ1v) is 7.62. The Balaban J connectivity index is 1.86. The van der Waals surface area contributed by atoms with Gasteiger partial charge in [0.05, 0.1) is 0 Å². The van der Waals surface area contributed by atoms with E-state index in [1.54, 1.807) is 14.2 Å². The van der Waals surface area contributed by atoms with Gasteiger partial charge < -0.3 is 14.2 Å². The van der Waals surface area contributed by atoms with Crippen LogP contribution in [0.25, 0.3) is 0 Å². The number of Topliss-reactive ketones (excluding diaryl/α,β-unsaturated/α-hetero) is 1. The first kappa shape index (κ1) is 12.3. The molecule has 1 saturated heterocycles. The summed E-state index contributed by atoms with van der Waals surface area (Å²) in [5, 5.41) is 0. The molecule has 110 valence electrons. The summed E-state index contributed by atoms with van der Waals surface area (Å²) in [6.07, 6.45) is 3.22. The maximum Gasteiger partial charge on any atom is 0.229 e. The van der Waals surface area contributed by atoms with Gasteiger partial charge in [-0.15, -0.1) is 0 Å². The van der Waals surface area contributed by atoms with Crippen molar-refractivity contribution in [3.63, 3.8) is 0 Å². The van der Waals surface area contributed by atoms with Gasteiger partial charge in [-0.3, -0.25) is 4.79 Å². The summed E-state index contributed by atoms with van der Waals surface area (Å²) >= 11 is 0. The zero-order valence-corrected chi connectivity index (χ0v) is 12.2. The summed E-state index contributed by atoms with van der Waals surface area (Å²) in [6, 6.07) is 7.63. The van der Waals surface area contributed by atoms with Gasteiger partial charge in [-0.25, -0.2) is 0 Å². The summed E-state index contributed by atoms with van der Waals surface area (Å²) in [6.45, 7) is 0. The van der Waals surface area contributed by atoms with E-state index in [9.17, 15) is 4.79 Å². The monoisotopic (exact) mass is 286 g/mol. The quantitative estimate of drug-likeness (QED) is 0.618. The van der Waals surface area contributed by atoms with E-state index in [-0.39, 0.29) is 5.78 Å². The van der Waals surface area contributed by atoms with Gasteiger partial charge in [-0.1, -0.05) is 24.3 Å². The van der Waals surface area contributed by atoms with Crippen molar-refractivity contribution in [1.29, 1.82) is 0 Å². The highest BCUT2D eigenvalue weighted by atomic mass is 16.8. The van der Waals surface area contributed by atoms with E-state index in [1.165, 1.54) is 0 Å². The fourth-order valence-corrected chi connectivity index (χ4v) is 5.68. The van der Waals surface area contributed by atoms with Crippen molar-refractivity contribution in [2.24, 2.45) is 11.8 Å². The third kappa shape index (κ3) is 0.944. The molecule has 4 heteroatoms. The van der Waals surface area contributed by atoms with E-state index in [2.05, 4.69) is 0 Å². The zero-order chi connectivity index (χ0) is 14.5. The molecule has 0 amide bonds. The average Bonchev–Trinajstić information content (AvgIpc) is 2.94. The van der Waals surface area contributed by atoms with E-state index in [0.29, 0.717) is 17.4 Å². The molecule has 0 spiro atoms. The fourth-order valence-electron chi connectivity index (χ4n) is 5.68. The largest absolute Gasteiger partial charge is 0.347 e. The van der Waals surface area contributed by atoms with Gasteiger partial charge >= 0.3 is 0 Å². The number of benzene rings is 1. The lowest BCUT2D eigenvalue weighted by Crippen LogP contribution is -2.59. The minimum atomic E-state index is -0.961. The van der Waals surface area contributed by atoms with Crippen LogP contribution in [0.15, 0.2) is 24.3 Å². The smallest absolute Gasteiger partial charge is 0.229 e. The molecular formula is C17H18O4. The highest BCUT2D eigenvalue weighted by Gasteiger charge is 2.94. The first-order chi connectivity index (χ1) is 10.2. The predicted molar refractivity (Wildman–Crippen MR) is 73.8 cm³/mol. The molecule has 21 heavy (non-hydrogen) atoms. The lowest BCUT2D eigenvalue weighted by Gasteiger charge is -2.44. The molecule has 2 saturated carbocycles. The van der Waals surface area contributed by atoms with Crippen molar-refractivity contribution < 1.29 is 19.0 Å². The molecule has 0 N–H and O–H groups in total. The Morgan fingerprint density at radius 3 is 2.62 bits per heavy atom. The van der Waals surface area contributed by atoms with Crippen LogP contribution in [-0.2, 0) is 20.0 Å². The molecule has 5 rings (SSSR count). The summed E-state index contributed by atoms with van der Waals surface area (Å²) < 4.78 is 18.1. The lowest BCUT2D eigenvalue weighted by atomic mass is 9.64. The number of fused-ring (bicyclic) bond motifs is 3. The van der Waals surface area contributed by atoms with Crippen LogP contribution in [0.4, 0.5) is 0 Å². The molecule has 1 aromatic carbocycles. The highest BCUT2D eigenvalue weighted by Crippen LogP contribution is 2.79. The van der Waals surface area contributed by atoms with Gasteiger partial charge in [0, 0.05) is 25.3 Å². The second-order valence-corrected chi connectivity index (χ2v) is 6.68. The normalized spacial score (nSPS) is 44.2. The van der Waals surface area contributed by atoms with E-state index >= 15 is 0 Å². The summed E-state index contributed by atoms with van der Waals surface area (Å²) in [4.78, 5) is 13.1. The minimum Gasteiger partial charge on any atom is -0.347 e. The fraction of sp³-hybridized carbons (Fsp3) is 0.588. The maximum absolute atomic E-state index is 13.1. The number of hydrogen-bond donors (Lipinski definition) is 0. The van der Waals surface area contributed by atoms with Gasteiger partial charge in [0.15, 0.2) is 17.0 Å². The number of ether oxygens (including phenoxy) is 3. The molecule has 0 unspecified atom stereocenters. The Morgan fingerprint density at radius 1 is 1.14 bits per heavy atom. The van der Waals surface area contributed by atoms with Crippen molar-refractivity contribution in [2.45, 2.75) is 36.3 Å². The second kappa shape index (κ2) is 3.40. The number of epoxide rings is 1. The standard InChI is InChI=1S/C17H18O4/c1-19-17(20-2)13-6-4-3-5-12(13)14(18)15-10-7-8-11(9-10)16(15,17)21-15/h3-6,10-11H,7-9H2,1-2H3/t10-,11-,15-,16+/m1/s1. The molecule has 1 aromatic rings. The zero-order valence-electron chi connectivity index (χ0n) is 12.2. The molecule has 4 aliphatic rings. The SMILES string of the molecule is COC1(OC)c2ccccc2C(=O)[C@@]23O[C@]12[C@@H]1CC[C@@H]3C1. The highest BCUT2D eigenvalue weighted by molar-refractivity contribution is 6.09. The number of rotatable bonds is 2. The lowest BCUT2D eigenvalue weighted by molar-refractivity contribution is -0.266.